The van der Waals surface area contributed by atoms with Gasteiger partial charge in [0.2, 0.25) is 0 Å². The number of hydrogen-bond acceptors (Lipinski definition) is 3. The average Bonchev–Trinajstić information content (AvgIpc) is 2.38. The topological polar surface area (TPSA) is 43.4 Å². The van der Waals surface area contributed by atoms with E-state index in [0.29, 0.717) is 22.4 Å². The Morgan fingerprint density at radius 3 is 2.25 bits per heavy atom. The number of benzene rings is 2. The van der Waals surface area contributed by atoms with Crippen molar-refractivity contribution in [2.24, 2.45) is 0 Å². The molecule has 20 heavy (non-hydrogen) atoms. The molecule has 0 aliphatic carbocycles. The van der Waals surface area contributed by atoms with Gasteiger partial charge in [-0.1, -0.05) is 18.2 Å². The van der Waals surface area contributed by atoms with Crippen molar-refractivity contribution in [2.45, 2.75) is 13.8 Å². The monoisotopic (exact) mass is 288 g/mol. The first-order valence-electron chi connectivity index (χ1n) is 6.07. The van der Waals surface area contributed by atoms with Crippen LogP contribution in [0.5, 0.6) is 5.75 Å². The van der Waals surface area contributed by atoms with Crippen molar-refractivity contribution in [2.75, 3.05) is 0 Å². The lowest BCUT2D eigenvalue weighted by molar-refractivity contribution is 0.0734. The third-order valence-electron chi connectivity index (χ3n) is 2.99. The van der Waals surface area contributed by atoms with Gasteiger partial charge < -0.3 is 4.74 Å². The Bertz CT molecular complexity index is 677. The number of carbonyl (C=O) groups is 2. The van der Waals surface area contributed by atoms with Gasteiger partial charge in [0.1, 0.15) is 5.75 Å². The van der Waals surface area contributed by atoms with Gasteiger partial charge in [-0.3, -0.25) is 4.79 Å². The fourth-order valence-electron chi connectivity index (χ4n) is 1.88. The second-order valence-corrected chi connectivity index (χ2v) is 4.80. The summed E-state index contributed by atoms with van der Waals surface area (Å²) in [4.78, 5) is 23.2. The predicted molar refractivity (Wildman–Crippen MR) is 77.5 cm³/mol. The smallest absolute Gasteiger partial charge is 0.343 e. The van der Waals surface area contributed by atoms with E-state index in [1.807, 2.05) is 19.1 Å². The first-order valence-corrected chi connectivity index (χ1v) is 6.45. The largest absolute Gasteiger partial charge is 0.423 e. The van der Waals surface area contributed by atoms with Crippen LogP contribution < -0.4 is 4.74 Å². The number of hydrogen-bond donors (Lipinski definition) is 0. The van der Waals surface area contributed by atoms with E-state index in [9.17, 15) is 9.59 Å². The molecule has 0 N–H and O–H groups in total. The van der Waals surface area contributed by atoms with Gasteiger partial charge in [-0.05, 0) is 60.8 Å². The summed E-state index contributed by atoms with van der Waals surface area (Å²) in [6, 6.07) is 11.9. The molecule has 0 amide bonds. The minimum Gasteiger partial charge on any atom is -0.423 e. The van der Waals surface area contributed by atoms with E-state index in [4.69, 9.17) is 16.3 Å². The Labute approximate surface area is 122 Å². The van der Waals surface area contributed by atoms with Crippen LogP contribution >= 0.6 is 11.6 Å². The van der Waals surface area contributed by atoms with Gasteiger partial charge in [-0.2, -0.15) is 0 Å². The number of carbonyl (C=O) groups excluding carboxylic acids is 2. The molecule has 0 spiro atoms. The van der Waals surface area contributed by atoms with Gasteiger partial charge in [-0.25, -0.2) is 4.79 Å². The lowest BCUT2D eigenvalue weighted by Gasteiger charge is -2.08. The number of halogens is 1. The van der Waals surface area contributed by atoms with Crippen LogP contribution in [0.4, 0.5) is 0 Å². The molecule has 0 bridgehead atoms. The fourth-order valence-corrected chi connectivity index (χ4v) is 2.10. The summed E-state index contributed by atoms with van der Waals surface area (Å²) < 4.78 is 5.30. The highest BCUT2D eigenvalue weighted by molar-refractivity contribution is 6.67. The van der Waals surface area contributed by atoms with Crippen LogP contribution in [0.2, 0.25) is 0 Å². The maximum absolute atomic E-state index is 12.0. The average molecular weight is 289 g/mol. The molecule has 0 aliphatic heterocycles. The van der Waals surface area contributed by atoms with Crippen LogP contribution in [0, 0.1) is 13.8 Å². The van der Waals surface area contributed by atoms with E-state index in [1.54, 1.807) is 37.3 Å². The van der Waals surface area contributed by atoms with Crippen LogP contribution in [0.25, 0.3) is 0 Å². The molecule has 0 aromatic heterocycles. The third kappa shape index (κ3) is 3.06. The minimum atomic E-state index is -0.528. The van der Waals surface area contributed by atoms with E-state index in [-0.39, 0.29) is 0 Å². The van der Waals surface area contributed by atoms with E-state index in [0.717, 1.165) is 5.56 Å². The summed E-state index contributed by atoms with van der Waals surface area (Å²) in [6.07, 6.45) is 0. The van der Waals surface area contributed by atoms with Crippen molar-refractivity contribution in [1.29, 1.82) is 0 Å². The van der Waals surface area contributed by atoms with E-state index in [1.165, 1.54) is 0 Å². The summed E-state index contributed by atoms with van der Waals surface area (Å²) in [5.41, 5.74) is 2.44. The van der Waals surface area contributed by atoms with Crippen molar-refractivity contribution < 1.29 is 14.3 Å². The Hall–Kier alpha value is -2.13. The summed E-state index contributed by atoms with van der Waals surface area (Å²) in [6.45, 7) is 3.58. The predicted octanol–water partition coefficient (Wildman–Crippen LogP) is 3.90. The van der Waals surface area contributed by atoms with Gasteiger partial charge in [0, 0.05) is 5.56 Å². The van der Waals surface area contributed by atoms with E-state index < -0.39 is 11.2 Å². The summed E-state index contributed by atoms with van der Waals surface area (Å²) in [7, 11) is 0. The number of rotatable bonds is 3. The first kappa shape index (κ1) is 14.3. The number of aryl methyl sites for hydroxylation is 2. The zero-order chi connectivity index (χ0) is 14.7. The lowest BCUT2D eigenvalue weighted by Crippen LogP contribution is -2.10. The van der Waals surface area contributed by atoms with Crippen molar-refractivity contribution in [3.63, 3.8) is 0 Å². The molecular formula is C16H13ClO3. The fraction of sp³-hybridized carbons (Fsp3) is 0.125. The maximum atomic E-state index is 12.0. The second kappa shape index (κ2) is 5.88. The Kier molecular flexibility index (Phi) is 4.20. The summed E-state index contributed by atoms with van der Waals surface area (Å²) in [5.74, 6) is -0.0372. The van der Waals surface area contributed by atoms with E-state index >= 15 is 0 Å². The normalized spacial score (nSPS) is 10.2. The highest BCUT2D eigenvalue weighted by Gasteiger charge is 2.12. The van der Waals surface area contributed by atoms with Crippen LogP contribution in [0.3, 0.4) is 0 Å². The van der Waals surface area contributed by atoms with Gasteiger partial charge in [-0.15, -0.1) is 0 Å². The Morgan fingerprint density at radius 2 is 1.65 bits per heavy atom. The molecule has 0 radical (unpaired) electrons. The van der Waals surface area contributed by atoms with Crippen molar-refractivity contribution >= 4 is 22.8 Å². The first-order chi connectivity index (χ1) is 9.49. The summed E-state index contributed by atoms with van der Waals surface area (Å²) in [5, 5.41) is -0.528. The molecule has 0 atom stereocenters. The van der Waals surface area contributed by atoms with Crippen molar-refractivity contribution in [3.05, 3.63) is 64.7 Å². The molecule has 3 nitrogen and oxygen atoms in total. The van der Waals surface area contributed by atoms with Crippen molar-refractivity contribution in [3.8, 4) is 5.75 Å². The van der Waals surface area contributed by atoms with Gasteiger partial charge in [0.15, 0.2) is 0 Å². The van der Waals surface area contributed by atoms with E-state index in [2.05, 4.69) is 0 Å². The lowest BCUT2D eigenvalue weighted by atomic mass is 10.1. The Balaban J connectivity index is 2.23. The number of esters is 1. The Morgan fingerprint density at radius 1 is 0.950 bits per heavy atom. The molecule has 0 unspecified atom stereocenters. The summed E-state index contributed by atoms with van der Waals surface area (Å²) >= 11 is 5.44. The number of ether oxygens (including phenoxy) is 1. The highest BCUT2D eigenvalue weighted by Crippen LogP contribution is 2.20. The van der Waals surface area contributed by atoms with Crippen LogP contribution in [-0.2, 0) is 0 Å². The molecule has 2 rings (SSSR count). The molecule has 0 fully saturated rings. The van der Waals surface area contributed by atoms with Gasteiger partial charge in [0.05, 0.1) is 5.56 Å². The molecule has 0 aliphatic rings. The molecule has 0 saturated heterocycles. The highest BCUT2D eigenvalue weighted by atomic mass is 35.5. The molecule has 0 heterocycles. The molecule has 4 heteroatoms. The van der Waals surface area contributed by atoms with Crippen molar-refractivity contribution in [1.82, 2.24) is 0 Å². The van der Waals surface area contributed by atoms with Crippen LogP contribution in [-0.4, -0.2) is 11.2 Å². The van der Waals surface area contributed by atoms with Gasteiger partial charge >= 0.3 is 5.97 Å². The quantitative estimate of drug-likeness (QED) is 0.489. The standard InChI is InChI=1S/C16H13ClO3/c1-10-5-3-4-6-14(10)16(19)20-12-7-8-13(15(17)18)11(2)9-12/h3-9H,1-2H3. The molecule has 0 saturated carbocycles. The third-order valence-corrected chi connectivity index (χ3v) is 3.19. The molecule has 2 aromatic rings. The SMILES string of the molecule is Cc1cc(OC(=O)c2ccccc2C)ccc1C(=O)Cl. The minimum absolute atomic E-state index is 0.386. The molecular weight excluding hydrogens is 276 g/mol. The van der Waals surface area contributed by atoms with Crippen LogP contribution in [0.15, 0.2) is 42.5 Å². The van der Waals surface area contributed by atoms with Crippen LogP contribution in [0.1, 0.15) is 31.8 Å². The zero-order valence-corrected chi connectivity index (χ0v) is 11.9. The molecule has 102 valence electrons. The second-order valence-electron chi connectivity index (χ2n) is 4.45. The van der Waals surface area contributed by atoms with Gasteiger partial charge in [0.25, 0.3) is 5.24 Å². The zero-order valence-electron chi connectivity index (χ0n) is 11.1. The maximum Gasteiger partial charge on any atom is 0.343 e. The molecule has 2 aromatic carbocycles.